The molecular formula is C20H21NO5. The van der Waals surface area contributed by atoms with E-state index in [1.54, 1.807) is 33.6 Å². The number of aromatic nitrogens is 1. The molecule has 1 N–H and O–H groups in total. The van der Waals surface area contributed by atoms with Gasteiger partial charge < -0.3 is 24.1 Å². The van der Waals surface area contributed by atoms with Gasteiger partial charge in [-0.1, -0.05) is 12.1 Å². The van der Waals surface area contributed by atoms with Crippen molar-refractivity contribution >= 4 is 10.9 Å². The number of ether oxygens (including phenoxy) is 4. The van der Waals surface area contributed by atoms with Crippen LogP contribution < -0.4 is 18.9 Å². The number of hydrogen-bond acceptors (Lipinski definition) is 6. The van der Waals surface area contributed by atoms with Gasteiger partial charge in [0.2, 0.25) is 0 Å². The molecule has 0 fully saturated rings. The van der Waals surface area contributed by atoms with Gasteiger partial charge in [0, 0.05) is 11.8 Å². The fourth-order valence-electron chi connectivity index (χ4n) is 2.83. The molecule has 6 heteroatoms. The highest BCUT2D eigenvalue weighted by atomic mass is 16.5. The van der Waals surface area contributed by atoms with Crippen LogP contribution >= 0.6 is 0 Å². The Hall–Kier alpha value is -2.99. The summed E-state index contributed by atoms with van der Waals surface area (Å²) >= 11 is 0. The van der Waals surface area contributed by atoms with Crippen molar-refractivity contribution in [3.8, 4) is 34.1 Å². The lowest BCUT2D eigenvalue weighted by atomic mass is 10.0. The molecule has 6 nitrogen and oxygen atoms in total. The highest BCUT2D eigenvalue weighted by molar-refractivity contribution is 5.99. The standard InChI is InChI=1S/C20H21NO5/c1-23-14-6-4-13(5-7-14)15-12-21-19-17(25-3)9-8-16(24-2)18(19)20(15)26-11-10-22/h4-9,12,22H,10-11H2,1-3H3. The van der Waals surface area contributed by atoms with Crippen LogP contribution in [0.1, 0.15) is 0 Å². The molecule has 26 heavy (non-hydrogen) atoms. The number of aliphatic hydroxyl groups is 1. The van der Waals surface area contributed by atoms with E-state index in [2.05, 4.69) is 4.98 Å². The maximum atomic E-state index is 9.24. The predicted molar refractivity (Wildman–Crippen MR) is 99.4 cm³/mol. The molecule has 0 amide bonds. The summed E-state index contributed by atoms with van der Waals surface area (Å²) in [7, 11) is 4.81. The lowest BCUT2D eigenvalue weighted by molar-refractivity contribution is 0.203. The molecule has 2 aromatic carbocycles. The van der Waals surface area contributed by atoms with Gasteiger partial charge in [-0.05, 0) is 29.8 Å². The van der Waals surface area contributed by atoms with Crippen molar-refractivity contribution in [2.45, 2.75) is 0 Å². The smallest absolute Gasteiger partial charge is 0.145 e. The third kappa shape index (κ3) is 3.23. The Morgan fingerprint density at radius 2 is 1.58 bits per heavy atom. The highest BCUT2D eigenvalue weighted by Crippen LogP contribution is 2.43. The van der Waals surface area contributed by atoms with Crippen LogP contribution in [0, 0.1) is 0 Å². The van der Waals surface area contributed by atoms with Gasteiger partial charge in [-0.15, -0.1) is 0 Å². The van der Waals surface area contributed by atoms with Crippen molar-refractivity contribution in [1.29, 1.82) is 0 Å². The van der Waals surface area contributed by atoms with Crippen molar-refractivity contribution in [2.75, 3.05) is 34.5 Å². The van der Waals surface area contributed by atoms with Gasteiger partial charge in [0.05, 0.1) is 33.3 Å². The minimum atomic E-state index is -0.0991. The molecule has 0 saturated carbocycles. The van der Waals surface area contributed by atoms with Gasteiger partial charge in [0.1, 0.15) is 35.1 Å². The molecule has 3 aromatic rings. The molecular weight excluding hydrogens is 334 g/mol. The van der Waals surface area contributed by atoms with Gasteiger partial charge in [-0.3, -0.25) is 4.98 Å². The van der Waals surface area contributed by atoms with Crippen LogP contribution in [0.5, 0.6) is 23.0 Å². The molecule has 0 aliphatic heterocycles. The van der Waals surface area contributed by atoms with Crippen molar-refractivity contribution in [3.05, 3.63) is 42.6 Å². The summed E-state index contributed by atoms with van der Waals surface area (Å²) in [5.74, 6) is 2.59. The molecule has 136 valence electrons. The maximum absolute atomic E-state index is 9.24. The summed E-state index contributed by atoms with van der Waals surface area (Å²) < 4.78 is 22.1. The molecule has 0 aliphatic carbocycles. The Bertz CT molecular complexity index is 893. The maximum Gasteiger partial charge on any atom is 0.145 e. The first-order valence-electron chi connectivity index (χ1n) is 8.15. The van der Waals surface area contributed by atoms with Crippen LogP contribution in [-0.2, 0) is 0 Å². The van der Waals surface area contributed by atoms with E-state index in [4.69, 9.17) is 18.9 Å². The summed E-state index contributed by atoms with van der Waals surface area (Å²) in [5, 5.41) is 9.95. The molecule has 1 heterocycles. The third-order valence-corrected chi connectivity index (χ3v) is 4.08. The van der Waals surface area contributed by atoms with Crippen molar-refractivity contribution in [1.82, 2.24) is 4.98 Å². The minimum absolute atomic E-state index is 0.0991. The molecule has 1 aromatic heterocycles. The van der Waals surface area contributed by atoms with Crippen molar-refractivity contribution in [3.63, 3.8) is 0 Å². The van der Waals surface area contributed by atoms with E-state index in [9.17, 15) is 5.11 Å². The van der Waals surface area contributed by atoms with Crippen molar-refractivity contribution in [2.24, 2.45) is 0 Å². The zero-order chi connectivity index (χ0) is 18.5. The second kappa shape index (κ2) is 7.93. The number of fused-ring (bicyclic) bond motifs is 1. The third-order valence-electron chi connectivity index (χ3n) is 4.08. The van der Waals surface area contributed by atoms with Crippen molar-refractivity contribution < 1.29 is 24.1 Å². The Balaban J connectivity index is 2.27. The first kappa shape index (κ1) is 17.8. The summed E-state index contributed by atoms with van der Waals surface area (Å²) in [6.07, 6.45) is 1.73. The number of methoxy groups -OCH3 is 3. The van der Waals surface area contributed by atoms with Crippen LogP contribution in [0.4, 0.5) is 0 Å². The van der Waals surface area contributed by atoms with E-state index in [0.29, 0.717) is 28.2 Å². The van der Waals surface area contributed by atoms with Gasteiger partial charge in [-0.2, -0.15) is 0 Å². The van der Waals surface area contributed by atoms with Gasteiger partial charge >= 0.3 is 0 Å². The zero-order valence-electron chi connectivity index (χ0n) is 15.0. The largest absolute Gasteiger partial charge is 0.497 e. The number of aliphatic hydroxyl groups excluding tert-OH is 1. The highest BCUT2D eigenvalue weighted by Gasteiger charge is 2.19. The molecule has 0 bridgehead atoms. The van der Waals surface area contributed by atoms with Crippen LogP contribution in [0.25, 0.3) is 22.0 Å². The van der Waals surface area contributed by atoms with E-state index in [-0.39, 0.29) is 13.2 Å². The Morgan fingerprint density at radius 3 is 2.19 bits per heavy atom. The average molecular weight is 355 g/mol. The average Bonchev–Trinajstić information content (AvgIpc) is 2.71. The van der Waals surface area contributed by atoms with E-state index in [1.165, 1.54) is 0 Å². The predicted octanol–water partition coefficient (Wildman–Crippen LogP) is 3.30. The van der Waals surface area contributed by atoms with Crippen LogP contribution in [0.15, 0.2) is 42.6 Å². The molecule has 0 spiro atoms. The molecule has 0 saturated heterocycles. The summed E-state index contributed by atoms with van der Waals surface area (Å²) in [6.45, 7) is 0.0563. The second-order valence-electron chi connectivity index (χ2n) is 5.50. The summed E-state index contributed by atoms with van der Waals surface area (Å²) in [5.41, 5.74) is 2.34. The van der Waals surface area contributed by atoms with E-state index in [0.717, 1.165) is 16.9 Å². The monoisotopic (exact) mass is 355 g/mol. The van der Waals surface area contributed by atoms with Crippen LogP contribution in [-0.4, -0.2) is 44.6 Å². The lowest BCUT2D eigenvalue weighted by Crippen LogP contribution is -2.05. The SMILES string of the molecule is COc1ccc(-c2cnc3c(OC)ccc(OC)c3c2OCCO)cc1. The van der Waals surface area contributed by atoms with Crippen LogP contribution in [0.3, 0.4) is 0 Å². The number of rotatable bonds is 7. The summed E-state index contributed by atoms with van der Waals surface area (Å²) in [4.78, 5) is 4.57. The fourth-order valence-corrected chi connectivity index (χ4v) is 2.83. The Labute approximate surface area is 151 Å². The number of benzene rings is 2. The number of nitrogens with zero attached hydrogens (tertiary/aromatic N) is 1. The quantitative estimate of drug-likeness (QED) is 0.701. The van der Waals surface area contributed by atoms with E-state index < -0.39 is 0 Å². The Morgan fingerprint density at radius 1 is 0.885 bits per heavy atom. The Kier molecular flexibility index (Phi) is 5.43. The normalized spacial score (nSPS) is 10.6. The summed E-state index contributed by atoms with van der Waals surface area (Å²) in [6, 6.07) is 11.2. The van der Waals surface area contributed by atoms with Gasteiger partial charge in [0.25, 0.3) is 0 Å². The van der Waals surface area contributed by atoms with Crippen LogP contribution in [0.2, 0.25) is 0 Å². The molecule has 0 atom stereocenters. The number of pyridine rings is 1. The first-order valence-corrected chi connectivity index (χ1v) is 8.15. The van der Waals surface area contributed by atoms with E-state index in [1.807, 2.05) is 30.3 Å². The fraction of sp³-hybridized carbons (Fsp3) is 0.250. The molecule has 3 rings (SSSR count). The van der Waals surface area contributed by atoms with Gasteiger partial charge in [-0.25, -0.2) is 0 Å². The minimum Gasteiger partial charge on any atom is -0.497 e. The molecule has 0 unspecified atom stereocenters. The lowest BCUT2D eigenvalue weighted by Gasteiger charge is -2.17. The van der Waals surface area contributed by atoms with E-state index >= 15 is 0 Å². The topological polar surface area (TPSA) is 70.0 Å². The first-order chi connectivity index (χ1) is 12.7. The molecule has 0 radical (unpaired) electrons. The number of hydrogen-bond donors (Lipinski definition) is 1. The molecule has 0 aliphatic rings. The zero-order valence-corrected chi connectivity index (χ0v) is 15.0. The second-order valence-corrected chi connectivity index (χ2v) is 5.50. The van der Waals surface area contributed by atoms with Gasteiger partial charge in [0.15, 0.2) is 0 Å².